The largest absolute Gasteiger partial charge is 0.489 e. The first-order chi connectivity index (χ1) is 20.7. The number of rotatable bonds is 5. The smallest absolute Gasteiger partial charge is 0.319 e. The quantitative estimate of drug-likeness (QED) is 0.269. The standard InChI is InChI=1S/C30H28ClF3N6O2S/c1-3-40-14(2)12-41-25-21-24(37-29(38-28(21)40)42-13-30-7-4-8-39(30)11-15(32)9-30)23(34)20(22(25)31)16-5-6-18(33)26-19(16)17(10-35)27(36)43-26/h5-6,14-15H,3-4,7-9,11-13,36H2,1-2H3/t14-,15+,30-/m0/s1. The van der Waals surface area contributed by atoms with Gasteiger partial charge in [-0.1, -0.05) is 17.7 Å². The lowest BCUT2D eigenvalue weighted by atomic mass is 9.95. The molecule has 0 unspecified atom stereocenters. The molecule has 0 saturated carbocycles. The number of hydrogen-bond acceptors (Lipinski definition) is 9. The van der Waals surface area contributed by atoms with E-state index in [4.69, 9.17) is 31.8 Å². The van der Waals surface area contributed by atoms with Crippen molar-refractivity contribution in [1.82, 2.24) is 14.9 Å². The van der Waals surface area contributed by atoms with Crippen molar-refractivity contribution in [3.8, 4) is 29.0 Å². The lowest BCUT2D eigenvalue weighted by molar-refractivity contribution is 0.107. The number of thiophene rings is 1. The normalized spacial score (nSPS) is 23.4. The molecule has 7 rings (SSSR count). The number of nitrogens with zero attached hydrogens (tertiary/aromatic N) is 5. The molecular formula is C30H28ClF3N6O2S. The van der Waals surface area contributed by atoms with E-state index in [1.54, 1.807) is 0 Å². The first kappa shape index (κ1) is 28.3. The molecule has 2 aromatic carbocycles. The predicted molar refractivity (Wildman–Crippen MR) is 161 cm³/mol. The SMILES string of the molecule is CCN1c2nc(OC[C@@]34CCCN3C[C@H](F)C4)nc3c(F)c(-c4ccc(F)c5sc(N)c(C#N)c45)c(Cl)c(c23)OC[C@@H]1C. The third kappa shape index (κ3) is 4.19. The fourth-order valence-electron chi connectivity index (χ4n) is 7.00. The first-order valence-electron chi connectivity index (χ1n) is 14.2. The van der Waals surface area contributed by atoms with E-state index < -0.39 is 23.3 Å². The Morgan fingerprint density at radius 2 is 2.12 bits per heavy atom. The van der Waals surface area contributed by atoms with E-state index in [2.05, 4.69) is 9.88 Å². The topological polar surface area (TPSA) is 101 Å². The van der Waals surface area contributed by atoms with Crippen molar-refractivity contribution in [1.29, 1.82) is 5.26 Å². The highest BCUT2D eigenvalue weighted by molar-refractivity contribution is 7.23. The third-order valence-electron chi connectivity index (χ3n) is 8.99. The molecule has 0 amide bonds. The summed E-state index contributed by atoms with van der Waals surface area (Å²) in [6.45, 7) is 6.02. The summed E-state index contributed by atoms with van der Waals surface area (Å²) in [5, 5.41) is 10.4. The van der Waals surface area contributed by atoms with Crippen LogP contribution < -0.4 is 20.1 Å². The van der Waals surface area contributed by atoms with Gasteiger partial charge in [0, 0.05) is 30.5 Å². The Morgan fingerprint density at radius 1 is 1.30 bits per heavy atom. The Labute approximate surface area is 254 Å². The second-order valence-corrected chi connectivity index (χ2v) is 12.9. The zero-order valence-electron chi connectivity index (χ0n) is 23.5. The number of aromatic nitrogens is 2. The minimum Gasteiger partial charge on any atom is -0.489 e. The lowest BCUT2D eigenvalue weighted by Crippen LogP contribution is -2.43. The summed E-state index contributed by atoms with van der Waals surface area (Å²) in [7, 11) is 0. The number of nitrogen functional groups attached to an aromatic ring is 1. The number of halogens is 4. The van der Waals surface area contributed by atoms with Crippen LogP contribution in [-0.2, 0) is 0 Å². The van der Waals surface area contributed by atoms with E-state index in [0.29, 0.717) is 30.7 Å². The van der Waals surface area contributed by atoms with Gasteiger partial charge in [0.2, 0.25) is 0 Å². The van der Waals surface area contributed by atoms with Gasteiger partial charge in [0.1, 0.15) is 47.6 Å². The molecular weight excluding hydrogens is 601 g/mol. The molecule has 13 heteroatoms. The van der Waals surface area contributed by atoms with E-state index >= 15 is 4.39 Å². The minimum atomic E-state index is -0.929. The maximum Gasteiger partial charge on any atom is 0.319 e. The summed E-state index contributed by atoms with van der Waals surface area (Å²) in [4.78, 5) is 13.4. The molecule has 3 atom stereocenters. The van der Waals surface area contributed by atoms with Gasteiger partial charge in [0.15, 0.2) is 11.6 Å². The highest BCUT2D eigenvalue weighted by Crippen LogP contribution is 2.51. The average Bonchev–Trinajstić information content (AvgIpc) is 3.59. The number of fused-ring (bicyclic) bond motifs is 2. The maximum absolute atomic E-state index is 16.9. The molecule has 0 bridgehead atoms. The molecule has 2 N–H and O–H groups in total. The summed E-state index contributed by atoms with van der Waals surface area (Å²) in [6.07, 6.45) is 1.18. The Kier molecular flexibility index (Phi) is 6.76. The number of ether oxygens (including phenoxy) is 2. The molecule has 0 radical (unpaired) electrons. The van der Waals surface area contributed by atoms with Gasteiger partial charge in [-0.15, -0.1) is 11.3 Å². The fourth-order valence-corrected chi connectivity index (χ4v) is 8.28. The number of likely N-dealkylation sites (N-methyl/N-ethyl adjacent to an activating group) is 1. The summed E-state index contributed by atoms with van der Waals surface area (Å²) in [6, 6.07) is 4.40. The van der Waals surface area contributed by atoms with E-state index in [-0.39, 0.29) is 73.3 Å². The van der Waals surface area contributed by atoms with E-state index in [9.17, 15) is 14.0 Å². The molecule has 43 heavy (non-hydrogen) atoms. The van der Waals surface area contributed by atoms with Crippen molar-refractivity contribution in [3.63, 3.8) is 0 Å². The van der Waals surface area contributed by atoms with Gasteiger partial charge in [0.25, 0.3) is 0 Å². The number of alkyl halides is 1. The summed E-state index contributed by atoms with van der Waals surface area (Å²) >= 11 is 7.85. The van der Waals surface area contributed by atoms with Gasteiger partial charge in [-0.25, -0.2) is 13.2 Å². The van der Waals surface area contributed by atoms with Crippen molar-refractivity contribution < 1.29 is 22.6 Å². The lowest BCUT2D eigenvalue weighted by Gasteiger charge is -2.31. The minimum absolute atomic E-state index is 0.0399. The molecule has 4 aromatic rings. The van der Waals surface area contributed by atoms with Crippen LogP contribution in [0.5, 0.6) is 11.8 Å². The highest BCUT2D eigenvalue weighted by Gasteiger charge is 2.49. The number of nitrogens with two attached hydrogens (primary N) is 1. The molecule has 8 nitrogen and oxygen atoms in total. The van der Waals surface area contributed by atoms with Gasteiger partial charge in [-0.05, 0) is 44.9 Å². The van der Waals surface area contributed by atoms with Crippen LogP contribution in [-0.4, -0.2) is 65.5 Å². The number of nitriles is 1. The fraction of sp³-hybridized carbons (Fsp3) is 0.433. The summed E-state index contributed by atoms with van der Waals surface area (Å²) in [5.74, 6) is -0.780. The number of anilines is 2. The highest BCUT2D eigenvalue weighted by atomic mass is 35.5. The van der Waals surface area contributed by atoms with Gasteiger partial charge >= 0.3 is 6.01 Å². The van der Waals surface area contributed by atoms with Crippen LogP contribution in [0.15, 0.2) is 12.1 Å². The third-order valence-corrected chi connectivity index (χ3v) is 10.4. The first-order valence-corrected chi connectivity index (χ1v) is 15.4. The average molecular weight is 629 g/mol. The zero-order valence-corrected chi connectivity index (χ0v) is 25.1. The van der Waals surface area contributed by atoms with Gasteiger partial charge in [0.05, 0.1) is 32.3 Å². The van der Waals surface area contributed by atoms with Gasteiger partial charge in [-0.2, -0.15) is 15.2 Å². The molecule has 2 fully saturated rings. The Hall–Kier alpha value is -3.53. The van der Waals surface area contributed by atoms with Crippen molar-refractivity contribution in [2.45, 2.75) is 50.9 Å². The van der Waals surface area contributed by atoms with Crippen LogP contribution >= 0.6 is 22.9 Å². The number of benzene rings is 2. The Morgan fingerprint density at radius 3 is 2.88 bits per heavy atom. The molecule has 2 saturated heterocycles. The van der Waals surface area contributed by atoms with Crippen molar-refractivity contribution in [2.24, 2.45) is 0 Å². The van der Waals surface area contributed by atoms with E-state index in [1.165, 1.54) is 12.1 Å². The Bertz CT molecular complexity index is 1850. The van der Waals surface area contributed by atoms with E-state index in [1.807, 2.05) is 24.8 Å². The van der Waals surface area contributed by atoms with Crippen LogP contribution in [0.4, 0.5) is 24.0 Å². The summed E-state index contributed by atoms with van der Waals surface area (Å²) < 4.78 is 58.6. The molecule has 2 aromatic heterocycles. The summed E-state index contributed by atoms with van der Waals surface area (Å²) in [5.41, 5.74) is 5.66. The van der Waals surface area contributed by atoms with Crippen molar-refractivity contribution in [2.75, 3.05) is 43.5 Å². The predicted octanol–water partition coefficient (Wildman–Crippen LogP) is 6.46. The zero-order chi connectivity index (χ0) is 30.2. The molecule has 5 heterocycles. The van der Waals surface area contributed by atoms with Crippen LogP contribution in [0, 0.1) is 23.0 Å². The van der Waals surface area contributed by atoms with Crippen LogP contribution in [0.25, 0.3) is 32.1 Å². The molecule has 3 aliphatic rings. The monoisotopic (exact) mass is 628 g/mol. The number of hydrogen-bond donors (Lipinski definition) is 1. The second-order valence-electron chi connectivity index (χ2n) is 11.4. The Balaban J connectivity index is 1.46. The maximum atomic E-state index is 16.9. The molecule has 224 valence electrons. The van der Waals surface area contributed by atoms with Crippen LogP contribution in [0.2, 0.25) is 5.02 Å². The second kappa shape index (κ2) is 10.3. The van der Waals surface area contributed by atoms with Crippen molar-refractivity contribution in [3.05, 3.63) is 34.4 Å². The van der Waals surface area contributed by atoms with Crippen molar-refractivity contribution >= 4 is 54.7 Å². The van der Waals surface area contributed by atoms with Crippen LogP contribution in [0.3, 0.4) is 0 Å². The molecule has 3 aliphatic heterocycles. The van der Waals surface area contributed by atoms with Crippen LogP contribution in [0.1, 0.15) is 38.7 Å². The van der Waals surface area contributed by atoms with Gasteiger partial charge in [-0.3, -0.25) is 4.90 Å². The van der Waals surface area contributed by atoms with E-state index in [0.717, 1.165) is 30.7 Å². The molecule has 0 spiro atoms. The van der Waals surface area contributed by atoms with Gasteiger partial charge < -0.3 is 20.1 Å². The molecule has 0 aliphatic carbocycles.